The molecule has 3 rings (SSSR count). The molecule has 1 aliphatic rings. The first kappa shape index (κ1) is 14.4. The molecule has 0 aliphatic carbocycles. The van der Waals surface area contributed by atoms with Crippen molar-refractivity contribution >= 4 is 5.91 Å². The summed E-state index contributed by atoms with van der Waals surface area (Å²) in [4.78, 5) is 14.5. The van der Waals surface area contributed by atoms with Gasteiger partial charge >= 0.3 is 0 Å². The average Bonchev–Trinajstić information content (AvgIpc) is 3.09. The Balaban J connectivity index is 1.84. The van der Waals surface area contributed by atoms with E-state index in [1.54, 1.807) is 11.2 Å². The van der Waals surface area contributed by atoms with Gasteiger partial charge in [-0.3, -0.25) is 4.79 Å². The molecule has 2 heterocycles. The van der Waals surface area contributed by atoms with Crippen molar-refractivity contribution in [3.8, 4) is 17.4 Å². The Bertz CT molecular complexity index is 715. The summed E-state index contributed by atoms with van der Waals surface area (Å²) in [5.74, 6) is 0.727. The second kappa shape index (κ2) is 5.69. The molecule has 2 aromatic rings. The van der Waals surface area contributed by atoms with Gasteiger partial charge in [-0.1, -0.05) is 12.1 Å². The van der Waals surface area contributed by atoms with Crippen LogP contribution in [0.1, 0.15) is 30.1 Å². The smallest absolute Gasteiger partial charge is 0.253 e. The van der Waals surface area contributed by atoms with Gasteiger partial charge in [0, 0.05) is 24.2 Å². The molecule has 4 nitrogen and oxygen atoms in total. The molecule has 1 aromatic carbocycles. The molecule has 1 fully saturated rings. The highest BCUT2D eigenvalue weighted by atomic mass is 16.3. The summed E-state index contributed by atoms with van der Waals surface area (Å²) in [6.07, 6.45) is 3.33. The average molecular weight is 294 g/mol. The van der Waals surface area contributed by atoms with Crippen LogP contribution in [-0.2, 0) is 0 Å². The van der Waals surface area contributed by atoms with E-state index in [0.717, 1.165) is 24.2 Å². The highest BCUT2D eigenvalue weighted by molar-refractivity contribution is 5.95. The lowest BCUT2D eigenvalue weighted by molar-refractivity contribution is 0.0630. The van der Waals surface area contributed by atoms with Crippen molar-refractivity contribution < 1.29 is 9.21 Å². The largest absolute Gasteiger partial charge is 0.464 e. The van der Waals surface area contributed by atoms with Crippen molar-refractivity contribution in [2.24, 2.45) is 5.41 Å². The van der Waals surface area contributed by atoms with E-state index >= 15 is 0 Å². The van der Waals surface area contributed by atoms with Gasteiger partial charge in [0.05, 0.1) is 17.7 Å². The Morgan fingerprint density at radius 3 is 2.95 bits per heavy atom. The number of rotatable bonds is 2. The van der Waals surface area contributed by atoms with Crippen LogP contribution in [0, 0.1) is 16.7 Å². The summed E-state index contributed by atoms with van der Waals surface area (Å²) in [6, 6.07) is 13.5. The molecule has 0 spiro atoms. The van der Waals surface area contributed by atoms with E-state index in [4.69, 9.17) is 4.42 Å². The lowest BCUT2D eigenvalue weighted by Gasteiger charge is -2.36. The minimum absolute atomic E-state index is 0.0189. The molecule has 1 aliphatic heterocycles. The minimum Gasteiger partial charge on any atom is -0.464 e. The highest BCUT2D eigenvalue weighted by Crippen LogP contribution is 2.30. The summed E-state index contributed by atoms with van der Waals surface area (Å²) in [6.45, 7) is 3.13. The molecule has 1 saturated heterocycles. The maximum absolute atomic E-state index is 12.7. The second-order valence-electron chi connectivity index (χ2n) is 6.06. The molecule has 22 heavy (non-hydrogen) atoms. The number of amides is 1. The summed E-state index contributed by atoms with van der Waals surface area (Å²) in [7, 11) is 0. The van der Waals surface area contributed by atoms with Crippen molar-refractivity contribution in [1.29, 1.82) is 5.26 Å². The third kappa shape index (κ3) is 2.75. The third-order valence-corrected chi connectivity index (χ3v) is 4.17. The Kier molecular flexibility index (Phi) is 3.72. The van der Waals surface area contributed by atoms with Crippen LogP contribution in [0.5, 0.6) is 0 Å². The van der Waals surface area contributed by atoms with E-state index in [1.807, 2.05) is 43.3 Å². The topological polar surface area (TPSA) is 57.2 Å². The van der Waals surface area contributed by atoms with Crippen LogP contribution in [0.25, 0.3) is 11.3 Å². The normalized spacial score (nSPS) is 21.4. The Morgan fingerprint density at radius 2 is 2.23 bits per heavy atom. The standard InChI is InChI=1S/C18H18N2O2/c1-18(12-19)8-4-9-20(13-18)17(21)15-6-2-5-14(11-15)16-7-3-10-22-16/h2-3,5-7,10-11H,4,8-9,13H2,1H3. The summed E-state index contributed by atoms with van der Waals surface area (Å²) >= 11 is 0. The zero-order valence-electron chi connectivity index (χ0n) is 12.6. The van der Waals surface area contributed by atoms with Gasteiger partial charge in [0.1, 0.15) is 5.76 Å². The zero-order chi connectivity index (χ0) is 15.6. The van der Waals surface area contributed by atoms with Crippen LogP contribution in [0.2, 0.25) is 0 Å². The number of benzene rings is 1. The molecule has 0 bridgehead atoms. The van der Waals surface area contributed by atoms with Crippen molar-refractivity contribution in [3.05, 3.63) is 48.2 Å². The van der Waals surface area contributed by atoms with Crippen molar-refractivity contribution in [3.63, 3.8) is 0 Å². The molecular weight excluding hydrogens is 276 g/mol. The number of piperidine rings is 1. The molecule has 0 N–H and O–H groups in total. The first-order valence-corrected chi connectivity index (χ1v) is 7.46. The summed E-state index contributed by atoms with van der Waals surface area (Å²) in [5.41, 5.74) is 1.08. The number of carbonyl (C=O) groups is 1. The van der Waals surface area contributed by atoms with Gasteiger partial charge in [-0.2, -0.15) is 5.26 Å². The van der Waals surface area contributed by atoms with Crippen molar-refractivity contribution in [1.82, 2.24) is 4.90 Å². The van der Waals surface area contributed by atoms with Gasteiger partial charge < -0.3 is 9.32 Å². The van der Waals surface area contributed by atoms with E-state index in [1.165, 1.54) is 0 Å². The fourth-order valence-electron chi connectivity index (χ4n) is 2.93. The molecule has 1 amide bonds. The SMILES string of the molecule is CC1(C#N)CCCN(C(=O)c2cccc(-c3ccco3)c2)C1. The van der Waals surface area contributed by atoms with Crippen LogP contribution in [-0.4, -0.2) is 23.9 Å². The monoisotopic (exact) mass is 294 g/mol. The Labute approximate surface area is 130 Å². The van der Waals surface area contributed by atoms with Crippen molar-refractivity contribution in [2.75, 3.05) is 13.1 Å². The lowest BCUT2D eigenvalue weighted by Crippen LogP contribution is -2.44. The first-order valence-electron chi connectivity index (χ1n) is 7.46. The van der Waals surface area contributed by atoms with E-state index in [9.17, 15) is 10.1 Å². The summed E-state index contributed by atoms with van der Waals surface area (Å²) in [5, 5.41) is 9.29. The molecule has 1 unspecified atom stereocenters. The van der Waals surface area contributed by atoms with Crippen LogP contribution in [0.3, 0.4) is 0 Å². The zero-order valence-corrected chi connectivity index (χ0v) is 12.6. The molecule has 0 radical (unpaired) electrons. The minimum atomic E-state index is -0.438. The van der Waals surface area contributed by atoms with E-state index in [2.05, 4.69) is 6.07 Å². The lowest BCUT2D eigenvalue weighted by atomic mass is 9.83. The third-order valence-electron chi connectivity index (χ3n) is 4.17. The van der Waals surface area contributed by atoms with E-state index in [-0.39, 0.29) is 5.91 Å². The molecule has 1 atom stereocenters. The number of furan rings is 1. The summed E-state index contributed by atoms with van der Waals surface area (Å²) < 4.78 is 5.38. The van der Waals surface area contributed by atoms with Gasteiger partial charge in [-0.25, -0.2) is 0 Å². The first-order chi connectivity index (χ1) is 10.6. The number of carbonyl (C=O) groups excluding carboxylic acids is 1. The number of hydrogen-bond acceptors (Lipinski definition) is 3. The Hall–Kier alpha value is -2.54. The van der Waals surface area contributed by atoms with E-state index in [0.29, 0.717) is 18.7 Å². The van der Waals surface area contributed by atoms with Gasteiger partial charge in [0.25, 0.3) is 5.91 Å². The number of nitrogens with zero attached hydrogens (tertiary/aromatic N) is 2. The van der Waals surface area contributed by atoms with Gasteiger partial charge in [-0.15, -0.1) is 0 Å². The number of hydrogen-bond donors (Lipinski definition) is 0. The van der Waals surface area contributed by atoms with E-state index < -0.39 is 5.41 Å². The second-order valence-corrected chi connectivity index (χ2v) is 6.06. The molecule has 1 aromatic heterocycles. The molecule has 0 saturated carbocycles. The quantitative estimate of drug-likeness (QED) is 0.848. The number of likely N-dealkylation sites (tertiary alicyclic amines) is 1. The fourth-order valence-corrected chi connectivity index (χ4v) is 2.93. The number of nitriles is 1. The van der Waals surface area contributed by atoms with Crippen LogP contribution in [0.15, 0.2) is 47.1 Å². The van der Waals surface area contributed by atoms with Gasteiger partial charge in [-0.05, 0) is 44.0 Å². The van der Waals surface area contributed by atoms with Crippen LogP contribution >= 0.6 is 0 Å². The highest BCUT2D eigenvalue weighted by Gasteiger charge is 2.33. The van der Waals surface area contributed by atoms with Crippen LogP contribution in [0.4, 0.5) is 0 Å². The van der Waals surface area contributed by atoms with Gasteiger partial charge in [0.15, 0.2) is 0 Å². The fraction of sp³-hybridized carbons (Fsp3) is 0.333. The maximum atomic E-state index is 12.7. The van der Waals surface area contributed by atoms with Gasteiger partial charge in [0.2, 0.25) is 0 Å². The molecule has 4 heteroatoms. The maximum Gasteiger partial charge on any atom is 0.253 e. The molecule has 112 valence electrons. The molecular formula is C18H18N2O2. The van der Waals surface area contributed by atoms with Crippen LogP contribution < -0.4 is 0 Å². The Morgan fingerprint density at radius 1 is 1.36 bits per heavy atom. The van der Waals surface area contributed by atoms with Crippen molar-refractivity contribution in [2.45, 2.75) is 19.8 Å². The predicted octanol–water partition coefficient (Wildman–Crippen LogP) is 3.71. The predicted molar refractivity (Wildman–Crippen MR) is 83.0 cm³/mol.